The van der Waals surface area contributed by atoms with Crippen LogP contribution >= 0.6 is 0 Å². The molecule has 1 atom stereocenters. The first-order valence-electron chi connectivity index (χ1n) is 5.90. The van der Waals surface area contributed by atoms with Gasteiger partial charge >= 0.3 is 0 Å². The van der Waals surface area contributed by atoms with Crippen molar-refractivity contribution < 1.29 is 14.2 Å². The fourth-order valence-electron chi connectivity index (χ4n) is 1.90. The monoisotopic (exact) mass is 237 g/mol. The van der Waals surface area contributed by atoms with Gasteiger partial charge in [-0.05, 0) is 31.0 Å². The van der Waals surface area contributed by atoms with E-state index in [-0.39, 0.29) is 0 Å². The van der Waals surface area contributed by atoms with Crippen LogP contribution in [0.25, 0.3) is 0 Å². The maximum absolute atomic E-state index is 5.36. The molecule has 1 heterocycles. The zero-order valence-electron chi connectivity index (χ0n) is 10.4. The second-order valence-corrected chi connectivity index (χ2v) is 4.24. The van der Waals surface area contributed by atoms with Crippen LogP contribution in [0.2, 0.25) is 0 Å². The van der Waals surface area contributed by atoms with E-state index < -0.39 is 0 Å². The molecule has 0 aliphatic carbocycles. The lowest BCUT2D eigenvalue weighted by molar-refractivity contribution is 0.174. The quantitative estimate of drug-likeness (QED) is 0.763. The van der Waals surface area contributed by atoms with Gasteiger partial charge in [-0.1, -0.05) is 6.07 Å². The van der Waals surface area contributed by atoms with Crippen molar-refractivity contribution in [2.45, 2.75) is 19.4 Å². The molecule has 1 aromatic carbocycles. The summed E-state index contributed by atoms with van der Waals surface area (Å²) < 4.78 is 15.6. The Morgan fingerprint density at radius 1 is 1.35 bits per heavy atom. The molecule has 0 spiro atoms. The van der Waals surface area contributed by atoms with Gasteiger partial charge in [0.1, 0.15) is 0 Å². The van der Waals surface area contributed by atoms with E-state index in [1.54, 1.807) is 7.11 Å². The summed E-state index contributed by atoms with van der Waals surface area (Å²) in [4.78, 5) is 0. The minimum atomic E-state index is 0.334. The maximum atomic E-state index is 5.36. The molecule has 1 N–H and O–H groups in total. The van der Waals surface area contributed by atoms with Crippen molar-refractivity contribution in [2.75, 3.05) is 27.1 Å². The summed E-state index contributed by atoms with van der Waals surface area (Å²) in [6.45, 7) is 4.12. The van der Waals surface area contributed by atoms with Gasteiger partial charge in [-0.3, -0.25) is 0 Å². The van der Waals surface area contributed by atoms with E-state index in [9.17, 15) is 0 Å². The van der Waals surface area contributed by atoms with E-state index in [0.29, 0.717) is 12.8 Å². The molecule has 94 valence electrons. The van der Waals surface area contributed by atoms with Crippen molar-refractivity contribution in [2.24, 2.45) is 0 Å². The Kier molecular flexibility index (Phi) is 4.23. The van der Waals surface area contributed by atoms with Crippen LogP contribution in [0.5, 0.6) is 11.5 Å². The zero-order chi connectivity index (χ0) is 12.1. The SMILES string of the molecule is COCCNC(C)Cc1ccc2c(c1)OCO2. The molecule has 0 saturated carbocycles. The molecule has 0 bridgehead atoms. The molecule has 4 nitrogen and oxygen atoms in total. The Morgan fingerprint density at radius 3 is 3.00 bits per heavy atom. The molecule has 2 rings (SSSR count). The van der Waals surface area contributed by atoms with Crippen LogP contribution in [-0.2, 0) is 11.2 Å². The lowest BCUT2D eigenvalue weighted by Crippen LogP contribution is -2.30. The van der Waals surface area contributed by atoms with Gasteiger partial charge in [-0.25, -0.2) is 0 Å². The van der Waals surface area contributed by atoms with E-state index in [1.165, 1.54) is 5.56 Å². The largest absolute Gasteiger partial charge is 0.454 e. The smallest absolute Gasteiger partial charge is 0.231 e. The molecule has 0 radical (unpaired) electrons. The fraction of sp³-hybridized carbons (Fsp3) is 0.538. The highest BCUT2D eigenvalue weighted by atomic mass is 16.7. The third kappa shape index (κ3) is 3.35. The van der Waals surface area contributed by atoms with Crippen LogP contribution in [0, 0.1) is 0 Å². The summed E-state index contributed by atoms with van der Waals surface area (Å²) in [5.41, 5.74) is 1.26. The highest BCUT2D eigenvalue weighted by Gasteiger charge is 2.13. The van der Waals surface area contributed by atoms with Gasteiger partial charge in [0, 0.05) is 19.7 Å². The van der Waals surface area contributed by atoms with Crippen molar-refractivity contribution >= 4 is 0 Å². The maximum Gasteiger partial charge on any atom is 0.231 e. The van der Waals surface area contributed by atoms with E-state index in [4.69, 9.17) is 14.2 Å². The second kappa shape index (κ2) is 5.89. The highest BCUT2D eigenvalue weighted by Crippen LogP contribution is 2.32. The fourth-order valence-corrected chi connectivity index (χ4v) is 1.90. The molecule has 0 aromatic heterocycles. The summed E-state index contributed by atoms with van der Waals surface area (Å²) in [6, 6.07) is 6.53. The lowest BCUT2D eigenvalue weighted by atomic mass is 10.1. The van der Waals surface area contributed by atoms with Crippen LogP contribution < -0.4 is 14.8 Å². The lowest BCUT2D eigenvalue weighted by Gasteiger charge is -2.13. The summed E-state index contributed by atoms with van der Waals surface area (Å²) >= 11 is 0. The van der Waals surface area contributed by atoms with Crippen LogP contribution in [-0.4, -0.2) is 33.1 Å². The van der Waals surface area contributed by atoms with Gasteiger partial charge in [0.2, 0.25) is 6.79 Å². The Hall–Kier alpha value is -1.26. The van der Waals surface area contributed by atoms with Gasteiger partial charge in [0.15, 0.2) is 11.5 Å². The predicted molar refractivity (Wildman–Crippen MR) is 65.6 cm³/mol. The minimum absolute atomic E-state index is 0.334. The summed E-state index contributed by atoms with van der Waals surface area (Å²) in [6.07, 6.45) is 0.973. The summed E-state index contributed by atoms with van der Waals surface area (Å²) in [5, 5.41) is 3.40. The van der Waals surface area contributed by atoms with E-state index in [2.05, 4.69) is 24.4 Å². The zero-order valence-corrected chi connectivity index (χ0v) is 10.4. The molecule has 1 aromatic rings. The summed E-state index contributed by atoms with van der Waals surface area (Å²) in [5.74, 6) is 1.69. The molecule has 4 heteroatoms. The van der Waals surface area contributed by atoms with Crippen LogP contribution in [0.15, 0.2) is 18.2 Å². The van der Waals surface area contributed by atoms with Gasteiger partial charge in [0.25, 0.3) is 0 Å². The van der Waals surface area contributed by atoms with E-state index in [0.717, 1.165) is 31.1 Å². The molecular weight excluding hydrogens is 218 g/mol. The van der Waals surface area contributed by atoms with Crippen LogP contribution in [0.1, 0.15) is 12.5 Å². The molecule has 0 amide bonds. The van der Waals surface area contributed by atoms with Gasteiger partial charge in [0.05, 0.1) is 6.61 Å². The number of fused-ring (bicyclic) bond motifs is 1. The van der Waals surface area contributed by atoms with E-state index >= 15 is 0 Å². The number of nitrogens with one attached hydrogen (secondary N) is 1. The second-order valence-electron chi connectivity index (χ2n) is 4.24. The summed E-state index contributed by atoms with van der Waals surface area (Å²) in [7, 11) is 1.71. The third-order valence-corrected chi connectivity index (χ3v) is 2.78. The Bertz CT molecular complexity index is 368. The van der Waals surface area contributed by atoms with Crippen molar-refractivity contribution in [3.8, 4) is 11.5 Å². The number of hydrogen-bond donors (Lipinski definition) is 1. The molecule has 1 aliphatic heterocycles. The normalized spacial score (nSPS) is 14.9. The van der Waals surface area contributed by atoms with Crippen molar-refractivity contribution in [1.29, 1.82) is 0 Å². The van der Waals surface area contributed by atoms with Gasteiger partial charge < -0.3 is 19.5 Å². The number of hydrogen-bond acceptors (Lipinski definition) is 4. The first kappa shape index (κ1) is 12.2. The Balaban J connectivity index is 1.86. The standard InChI is InChI=1S/C13H19NO3/c1-10(14-5-6-15-2)7-11-3-4-12-13(8-11)17-9-16-12/h3-4,8,10,14H,5-7,9H2,1-2H3. The molecule has 1 unspecified atom stereocenters. The first-order chi connectivity index (χ1) is 8.29. The average molecular weight is 237 g/mol. The van der Waals surface area contributed by atoms with Crippen LogP contribution in [0.3, 0.4) is 0 Å². The van der Waals surface area contributed by atoms with E-state index in [1.807, 2.05) is 6.07 Å². The number of ether oxygens (including phenoxy) is 3. The van der Waals surface area contributed by atoms with Gasteiger partial charge in [-0.15, -0.1) is 0 Å². The third-order valence-electron chi connectivity index (χ3n) is 2.78. The average Bonchev–Trinajstić information content (AvgIpc) is 2.76. The Labute approximate surface area is 102 Å². The predicted octanol–water partition coefficient (Wildman–Crippen LogP) is 1.58. The van der Waals surface area contributed by atoms with Crippen LogP contribution in [0.4, 0.5) is 0 Å². The van der Waals surface area contributed by atoms with Crippen molar-refractivity contribution in [3.05, 3.63) is 23.8 Å². The minimum Gasteiger partial charge on any atom is -0.454 e. The molecule has 17 heavy (non-hydrogen) atoms. The van der Waals surface area contributed by atoms with Crippen molar-refractivity contribution in [3.63, 3.8) is 0 Å². The highest BCUT2D eigenvalue weighted by molar-refractivity contribution is 5.44. The molecule has 0 fully saturated rings. The topological polar surface area (TPSA) is 39.7 Å². The number of rotatable bonds is 6. The Morgan fingerprint density at radius 2 is 2.18 bits per heavy atom. The van der Waals surface area contributed by atoms with Gasteiger partial charge in [-0.2, -0.15) is 0 Å². The van der Waals surface area contributed by atoms with Crippen molar-refractivity contribution in [1.82, 2.24) is 5.32 Å². The molecular formula is C13H19NO3. The number of benzene rings is 1. The molecule has 1 aliphatic rings. The number of methoxy groups -OCH3 is 1. The first-order valence-corrected chi connectivity index (χ1v) is 5.90. The molecule has 0 saturated heterocycles.